The van der Waals surface area contributed by atoms with Crippen molar-refractivity contribution in [2.24, 2.45) is 0 Å². The zero-order chi connectivity index (χ0) is 15.8. The van der Waals surface area contributed by atoms with Gasteiger partial charge in [-0.25, -0.2) is 8.42 Å². The van der Waals surface area contributed by atoms with Crippen LogP contribution in [-0.4, -0.2) is 15.0 Å². The Balaban J connectivity index is 2.29. The molecule has 0 saturated carbocycles. The summed E-state index contributed by atoms with van der Waals surface area (Å²) in [6.07, 6.45) is 4.48. The van der Waals surface area contributed by atoms with E-state index in [1.54, 1.807) is 24.3 Å². The molecule has 116 valence electrons. The predicted octanol–water partition coefficient (Wildman–Crippen LogP) is 4.24. The molecule has 0 saturated heterocycles. The Kier molecular flexibility index (Phi) is 5.78. The van der Waals surface area contributed by atoms with Gasteiger partial charge in [0.1, 0.15) is 0 Å². The number of benzene rings is 2. The van der Waals surface area contributed by atoms with Gasteiger partial charge in [-0.2, -0.15) is 0 Å². The number of unbranched alkanes of at least 4 members (excludes halogenated alkanes) is 2. The Morgan fingerprint density at radius 2 is 1.50 bits per heavy atom. The van der Waals surface area contributed by atoms with Gasteiger partial charge in [0, 0.05) is 6.54 Å². The summed E-state index contributed by atoms with van der Waals surface area (Å²) in [5, 5.41) is 0. The highest BCUT2D eigenvalue weighted by atomic mass is 32.2. The molecule has 0 N–H and O–H groups in total. The van der Waals surface area contributed by atoms with Crippen molar-refractivity contribution in [1.82, 2.24) is 0 Å². The van der Waals surface area contributed by atoms with Gasteiger partial charge in [-0.15, -0.1) is 6.58 Å². The largest absolute Gasteiger partial charge is 0.266 e. The zero-order valence-electron chi connectivity index (χ0n) is 12.6. The van der Waals surface area contributed by atoms with Crippen molar-refractivity contribution in [2.45, 2.75) is 24.2 Å². The van der Waals surface area contributed by atoms with Crippen LogP contribution < -0.4 is 4.31 Å². The lowest BCUT2D eigenvalue weighted by Gasteiger charge is -2.24. The molecule has 0 amide bonds. The van der Waals surface area contributed by atoms with Gasteiger partial charge in [-0.1, -0.05) is 42.5 Å². The van der Waals surface area contributed by atoms with E-state index in [0.717, 1.165) is 19.3 Å². The fourth-order valence-electron chi connectivity index (χ4n) is 2.25. The smallest absolute Gasteiger partial charge is 0.264 e. The Bertz CT molecular complexity index is 682. The quantitative estimate of drug-likeness (QED) is 0.540. The lowest BCUT2D eigenvalue weighted by molar-refractivity contribution is 0.588. The zero-order valence-corrected chi connectivity index (χ0v) is 13.4. The molecular weight excluding hydrogens is 294 g/mol. The van der Waals surface area contributed by atoms with Crippen LogP contribution in [-0.2, 0) is 10.0 Å². The summed E-state index contributed by atoms with van der Waals surface area (Å²) in [6.45, 7) is 4.17. The van der Waals surface area contributed by atoms with Crippen molar-refractivity contribution >= 4 is 15.7 Å². The summed E-state index contributed by atoms with van der Waals surface area (Å²) in [4.78, 5) is 0.322. The van der Waals surface area contributed by atoms with Crippen LogP contribution >= 0.6 is 0 Å². The summed E-state index contributed by atoms with van der Waals surface area (Å²) in [5.74, 6) is 0. The van der Waals surface area contributed by atoms with Crippen LogP contribution in [0.5, 0.6) is 0 Å². The van der Waals surface area contributed by atoms with Gasteiger partial charge < -0.3 is 0 Å². The van der Waals surface area contributed by atoms with Crippen LogP contribution in [0, 0.1) is 0 Å². The highest BCUT2D eigenvalue weighted by Crippen LogP contribution is 2.24. The Morgan fingerprint density at radius 3 is 2.09 bits per heavy atom. The van der Waals surface area contributed by atoms with Gasteiger partial charge in [-0.05, 0) is 43.5 Å². The van der Waals surface area contributed by atoms with Gasteiger partial charge in [-0.3, -0.25) is 4.31 Å². The first kappa shape index (κ1) is 16.3. The molecule has 0 aliphatic rings. The van der Waals surface area contributed by atoms with E-state index in [1.807, 2.05) is 42.5 Å². The fourth-order valence-corrected chi connectivity index (χ4v) is 3.77. The van der Waals surface area contributed by atoms with Gasteiger partial charge in [0.2, 0.25) is 0 Å². The molecule has 0 aliphatic carbocycles. The summed E-state index contributed by atoms with van der Waals surface area (Å²) in [6, 6.07) is 17.8. The molecule has 0 fully saturated rings. The summed E-state index contributed by atoms with van der Waals surface area (Å²) in [7, 11) is -3.53. The number of allylic oxidation sites excluding steroid dienone is 1. The molecule has 22 heavy (non-hydrogen) atoms. The van der Waals surface area contributed by atoms with E-state index < -0.39 is 10.0 Å². The molecule has 3 nitrogen and oxygen atoms in total. The average molecular weight is 315 g/mol. The number of sulfonamides is 1. The molecule has 0 heterocycles. The van der Waals surface area contributed by atoms with Crippen molar-refractivity contribution < 1.29 is 8.42 Å². The minimum Gasteiger partial charge on any atom is -0.266 e. The summed E-state index contributed by atoms with van der Waals surface area (Å²) >= 11 is 0. The van der Waals surface area contributed by atoms with E-state index >= 15 is 0 Å². The molecule has 0 unspecified atom stereocenters. The first-order valence-electron chi connectivity index (χ1n) is 7.40. The van der Waals surface area contributed by atoms with Crippen LogP contribution in [0.4, 0.5) is 5.69 Å². The number of rotatable bonds is 8. The molecule has 4 heteroatoms. The average Bonchev–Trinajstić information content (AvgIpc) is 2.56. The van der Waals surface area contributed by atoms with Gasteiger partial charge in [0.05, 0.1) is 10.6 Å². The van der Waals surface area contributed by atoms with Crippen LogP contribution in [0.1, 0.15) is 19.3 Å². The highest BCUT2D eigenvalue weighted by Gasteiger charge is 2.23. The number of anilines is 1. The topological polar surface area (TPSA) is 37.4 Å². The minimum absolute atomic E-state index is 0.322. The Hall–Kier alpha value is -2.07. The second kappa shape index (κ2) is 7.80. The first-order valence-corrected chi connectivity index (χ1v) is 8.84. The lowest BCUT2D eigenvalue weighted by atomic mass is 10.2. The van der Waals surface area contributed by atoms with Crippen LogP contribution in [0.3, 0.4) is 0 Å². The molecule has 0 aromatic heterocycles. The Morgan fingerprint density at radius 1 is 0.909 bits per heavy atom. The number of para-hydroxylation sites is 1. The summed E-state index contributed by atoms with van der Waals surface area (Å²) in [5.41, 5.74) is 0.699. The van der Waals surface area contributed by atoms with E-state index in [-0.39, 0.29) is 0 Å². The van der Waals surface area contributed by atoms with Crippen molar-refractivity contribution in [3.05, 3.63) is 73.3 Å². The molecule has 0 aliphatic heterocycles. The van der Waals surface area contributed by atoms with E-state index in [2.05, 4.69) is 6.58 Å². The molecule has 0 radical (unpaired) electrons. The van der Waals surface area contributed by atoms with Gasteiger partial charge >= 0.3 is 0 Å². The second-order valence-corrected chi connectivity index (χ2v) is 6.87. The predicted molar refractivity (Wildman–Crippen MR) is 91.5 cm³/mol. The van der Waals surface area contributed by atoms with Crippen LogP contribution in [0.2, 0.25) is 0 Å². The maximum atomic E-state index is 12.9. The normalized spacial score (nSPS) is 11.1. The summed E-state index contributed by atoms with van der Waals surface area (Å²) < 4.78 is 27.3. The number of hydrogen-bond donors (Lipinski definition) is 0. The third-order valence-corrected chi connectivity index (χ3v) is 5.24. The van der Waals surface area contributed by atoms with E-state index in [0.29, 0.717) is 17.1 Å². The van der Waals surface area contributed by atoms with E-state index in [1.165, 1.54) is 4.31 Å². The standard InChI is InChI=1S/C18H21NO2S/c1-2-3-4-11-16-19(17-12-7-5-8-13-17)22(20,21)18-14-9-6-10-15-18/h2,5-10,12-15H,1,3-4,11,16H2. The third-order valence-electron chi connectivity index (χ3n) is 3.39. The van der Waals surface area contributed by atoms with Gasteiger partial charge in [0.25, 0.3) is 10.0 Å². The fraction of sp³-hybridized carbons (Fsp3) is 0.222. The SMILES string of the molecule is C=CCCCCN(c1ccccc1)S(=O)(=O)c1ccccc1. The monoisotopic (exact) mass is 315 g/mol. The van der Waals surface area contributed by atoms with Crippen molar-refractivity contribution in [3.8, 4) is 0 Å². The van der Waals surface area contributed by atoms with Crippen molar-refractivity contribution in [3.63, 3.8) is 0 Å². The second-order valence-electron chi connectivity index (χ2n) is 5.01. The minimum atomic E-state index is -3.53. The van der Waals surface area contributed by atoms with Crippen LogP contribution in [0.25, 0.3) is 0 Å². The molecular formula is C18H21NO2S. The molecule has 0 bridgehead atoms. The van der Waals surface area contributed by atoms with E-state index in [9.17, 15) is 8.42 Å². The van der Waals surface area contributed by atoms with Gasteiger partial charge in [0.15, 0.2) is 0 Å². The highest BCUT2D eigenvalue weighted by molar-refractivity contribution is 7.92. The van der Waals surface area contributed by atoms with Crippen molar-refractivity contribution in [2.75, 3.05) is 10.8 Å². The van der Waals surface area contributed by atoms with E-state index in [4.69, 9.17) is 0 Å². The number of hydrogen-bond acceptors (Lipinski definition) is 2. The molecule has 2 aromatic rings. The van der Waals surface area contributed by atoms with Crippen LogP contribution in [0.15, 0.2) is 78.2 Å². The molecule has 2 rings (SSSR count). The third kappa shape index (κ3) is 3.98. The molecule has 0 atom stereocenters. The number of nitrogens with zero attached hydrogens (tertiary/aromatic N) is 1. The maximum absolute atomic E-state index is 12.9. The maximum Gasteiger partial charge on any atom is 0.264 e. The first-order chi connectivity index (χ1) is 10.7. The molecule has 0 spiro atoms. The van der Waals surface area contributed by atoms with Crippen molar-refractivity contribution in [1.29, 1.82) is 0 Å². The molecule has 2 aromatic carbocycles. The Labute approximate surface area is 133 Å². The lowest BCUT2D eigenvalue weighted by Crippen LogP contribution is -2.32.